The average Bonchev–Trinajstić information content (AvgIpc) is 3.16. The SMILES string of the molecule is O=C(C1CCCCC1)N(CCC[NH+]1CCOCC1)c1nc2ccccc2s1. The molecule has 5 nitrogen and oxygen atoms in total. The van der Waals surface area contributed by atoms with Crippen LogP contribution in [0.5, 0.6) is 0 Å². The van der Waals surface area contributed by atoms with Gasteiger partial charge in [-0.2, -0.15) is 0 Å². The van der Waals surface area contributed by atoms with Gasteiger partial charge in [0, 0.05) is 18.9 Å². The number of rotatable bonds is 6. The Morgan fingerprint density at radius 1 is 1.19 bits per heavy atom. The van der Waals surface area contributed by atoms with Gasteiger partial charge in [0.2, 0.25) is 5.91 Å². The van der Waals surface area contributed by atoms with Crippen molar-refractivity contribution in [3.8, 4) is 0 Å². The minimum absolute atomic E-state index is 0.182. The Kier molecular flexibility index (Phi) is 6.37. The normalized spacial score (nSPS) is 19.4. The Morgan fingerprint density at radius 2 is 1.96 bits per heavy atom. The lowest BCUT2D eigenvalue weighted by Crippen LogP contribution is -3.14. The van der Waals surface area contributed by atoms with E-state index in [1.165, 1.54) is 19.3 Å². The summed E-state index contributed by atoms with van der Waals surface area (Å²) >= 11 is 1.65. The van der Waals surface area contributed by atoms with Gasteiger partial charge in [-0.05, 0) is 25.0 Å². The van der Waals surface area contributed by atoms with E-state index in [4.69, 9.17) is 9.72 Å². The predicted molar refractivity (Wildman–Crippen MR) is 110 cm³/mol. The zero-order valence-electron chi connectivity index (χ0n) is 16.0. The molecule has 1 aliphatic carbocycles. The maximum absolute atomic E-state index is 13.3. The number of carbonyl (C=O) groups excluding carboxylic acids is 1. The van der Waals surface area contributed by atoms with Crippen LogP contribution in [0, 0.1) is 5.92 Å². The first-order valence-corrected chi connectivity index (χ1v) is 11.2. The molecule has 0 radical (unpaired) electrons. The quantitative estimate of drug-likeness (QED) is 0.827. The molecule has 1 aromatic carbocycles. The third kappa shape index (κ3) is 4.68. The molecule has 6 heteroatoms. The lowest BCUT2D eigenvalue weighted by molar-refractivity contribution is -0.908. The molecular formula is C21H30N3O2S+. The molecule has 2 aliphatic rings. The van der Waals surface area contributed by atoms with E-state index in [0.717, 1.165) is 74.0 Å². The summed E-state index contributed by atoms with van der Waals surface area (Å²) in [5.74, 6) is 0.479. The molecule has 27 heavy (non-hydrogen) atoms. The molecule has 146 valence electrons. The second kappa shape index (κ2) is 9.13. The van der Waals surface area contributed by atoms with Crippen molar-refractivity contribution >= 4 is 32.6 Å². The number of fused-ring (bicyclic) bond motifs is 1. The van der Waals surface area contributed by atoms with Gasteiger partial charge in [0.1, 0.15) is 13.1 Å². The summed E-state index contributed by atoms with van der Waals surface area (Å²) in [7, 11) is 0. The summed E-state index contributed by atoms with van der Waals surface area (Å²) in [4.78, 5) is 21.7. The topological polar surface area (TPSA) is 46.9 Å². The van der Waals surface area contributed by atoms with Crippen LogP contribution in [0.1, 0.15) is 38.5 Å². The van der Waals surface area contributed by atoms with E-state index in [0.29, 0.717) is 5.91 Å². The fourth-order valence-corrected chi connectivity index (χ4v) is 5.24. The molecule has 1 N–H and O–H groups in total. The van der Waals surface area contributed by atoms with Gasteiger partial charge in [-0.15, -0.1) is 0 Å². The average molecular weight is 389 g/mol. The molecule has 1 amide bonds. The summed E-state index contributed by atoms with van der Waals surface area (Å²) < 4.78 is 6.61. The highest BCUT2D eigenvalue weighted by Crippen LogP contribution is 2.32. The van der Waals surface area contributed by atoms with Crippen molar-refractivity contribution in [1.29, 1.82) is 0 Å². The van der Waals surface area contributed by atoms with E-state index in [1.807, 2.05) is 23.1 Å². The molecule has 0 atom stereocenters. The molecule has 1 aliphatic heterocycles. The number of anilines is 1. The number of hydrogen-bond acceptors (Lipinski definition) is 4. The van der Waals surface area contributed by atoms with Crippen LogP contribution in [0.25, 0.3) is 10.2 Å². The van der Waals surface area contributed by atoms with Crippen LogP contribution >= 0.6 is 11.3 Å². The molecular weight excluding hydrogens is 358 g/mol. The Labute approximate surface area is 165 Å². The van der Waals surface area contributed by atoms with Crippen molar-refractivity contribution in [3.63, 3.8) is 0 Å². The van der Waals surface area contributed by atoms with Crippen LogP contribution < -0.4 is 9.80 Å². The van der Waals surface area contributed by atoms with Gasteiger partial charge in [0.05, 0.1) is 30.0 Å². The van der Waals surface area contributed by atoms with Gasteiger partial charge in [-0.1, -0.05) is 42.7 Å². The fraction of sp³-hybridized carbons (Fsp3) is 0.619. The minimum atomic E-state index is 0.182. The summed E-state index contributed by atoms with van der Waals surface area (Å²) in [6.45, 7) is 5.76. The highest BCUT2D eigenvalue weighted by Gasteiger charge is 2.29. The van der Waals surface area contributed by atoms with Crippen molar-refractivity contribution in [2.45, 2.75) is 38.5 Å². The molecule has 1 saturated carbocycles. The Balaban J connectivity index is 1.47. The van der Waals surface area contributed by atoms with Gasteiger partial charge < -0.3 is 9.64 Å². The number of para-hydroxylation sites is 1. The summed E-state index contributed by atoms with van der Waals surface area (Å²) in [5.41, 5.74) is 0.998. The van der Waals surface area contributed by atoms with Gasteiger partial charge in [0.25, 0.3) is 0 Å². The fourth-order valence-electron chi connectivity index (χ4n) is 4.24. The predicted octanol–water partition coefficient (Wildman–Crippen LogP) is 2.51. The van der Waals surface area contributed by atoms with Gasteiger partial charge in [-0.3, -0.25) is 9.69 Å². The van der Waals surface area contributed by atoms with Crippen molar-refractivity contribution < 1.29 is 14.4 Å². The number of hydrogen-bond donors (Lipinski definition) is 1. The van der Waals surface area contributed by atoms with E-state index in [2.05, 4.69) is 6.07 Å². The van der Waals surface area contributed by atoms with E-state index < -0.39 is 0 Å². The number of ether oxygens (including phenoxy) is 1. The number of thiazole rings is 1. The standard InChI is InChI=1S/C21H29N3O2S/c25-20(17-7-2-1-3-8-17)24(12-6-11-23-13-15-26-16-14-23)21-22-18-9-4-5-10-19(18)27-21/h4-5,9-10,17H,1-3,6-8,11-16H2/p+1. The smallest absolute Gasteiger partial charge is 0.231 e. The first kappa shape index (κ1) is 18.8. The maximum Gasteiger partial charge on any atom is 0.231 e. The molecule has 0 spiro atoms. The van der Waals surface area contributed by atoms with E-state index in [1.54, 1.807) is 16.2 Å². The van der Waals surface area contributed by atoms with Crippen molar-refractivity contribution in [1.82, 2.24) is 4.98 Å². The largest absolute Gasteiger partial charge is 0.370 e. The third-order valence-corrected chi connectivity index (χ3v) is 6.91. The second-order valence-electron chi connectivity index (χ2n) is 7.75. The van der Waals surface area contributed by atoms with Crippen molar-refractivity contribution in [2.24, 2.45) is 5.92 Å². The molecule has 0 unspecified atom stereocenters. The molecule has 2 aromatic rings. The van der Waals surface area contributed by atoms with Crippen molar-refractivity contribution in [3.05, 3.63) is 24.3 Å². The number of quaternary nitrogens is 1. The minimum Gasteiger partial charge on any atom is -0.370 e. The number of aromatic nitrogens is 1. The highest BCUT2D eigenvalue weighted by atomic mass is 32.1. The molecule has 2 fully saturated rings. The number of morpholine rings is 1. The lowest BCUT2D eigenvalue weighted by atomic mass is 9.88. The van der Waals surface area contributed by atoms with E-state index >= 15 is 0 Å². The maximum atomic E-state index is 13.3. The van der Waals surface area contributed by atoms with Crippen molar-refractivity contribution in [2.75, 3.05) is 44.3 Å². The van der Waals surface area contributed by atoms with Crippen LogP contribution in [-0.2, 0) is 9.53 Å². The summed E-state index contributed by atoms with van der Waals surface area (Å²) in [5, 5.41) is 0.878. The van der Waals surface area contributed by atoms with Crippen LogP contribution in [-0.4, -0.2) is 50.3 Å². The number of carbonyl (C=O) groups is 1. The number of nitrogens with zero attached hydrogens (tertiary/aromatic N) is 2. The first-order chi connectivity index (χ1) is 13.3. The van der Waals surface area contributed by atoms with Crippen LogP contribution in [0.4, 0.5) is 5.13 Å². The molecule has 1 aromatic heterocycles. The third-order valence-electron chi connectivity index (χ3n) is 5.85. The highest BCUT2D eigenvalue weighted by molar-refractivity contribution is 7.22. The second-order valence-corrected chi connectivity index (χ2v) is 8.76. The van der Waals surface area contributed by atoms with Crippen LogP contribution in [0.3, 0.4) is 0 Å². The Hall–Kier alpha value is -1.50. The number of benzene rings is 1. The molecule has 0 bridgehead atoms. The van der Waals surface area contributed by atoms with Gasteiger partial charge in [0.15, 0.2) is 5.13 Å². The summed E-state index contributed by atoms with van der Waals surface area (Å²) in [6.07, 6.45) is 6.73. The van der Waals surface area contributed by atoms with Gasteiger partial charge >= 0.3 is 0 Å². The van der Waals surface area contributed by atoms with Crippen LogP contribution in [0.2, 0.25) is 0 Å². The Morgan fingerprint density at radius 3 is 2.74 bits per heavy atom. The van der Waals surface area contributed by atoms with E-state index in [-0.39, 0.29) is 5.92 Å². The summed E-state index contributed by atoms with van der Waals surface area (Å²) in [6, 6.07) is 8.19. The lowest BCUT2D eigenvalue weighted by Gasteiger charge is -2.29. The zero-order valence-corrected chi connectivity index (χ0v) is 16.8. The number of nitrogens with one attached hydrogen (secondary N) is 1. The molecule has 1 saturated heterocycles. The number of amides is 1. The first-order valence-electron chi connectivity index (χ1n) is 10.4. The monoisotopic (exact) mass is 388 g/mol. The molecule has 4 rings (SSSR count). The zero-order chi connectivity index (χ0) is 18.5. The van der Waals surface area contributed by atoms with Gasteiger partial charge in [-0.25, -0.2) is 4.98 Å². The molecule has 2 heterocycles. The van der Waals surface area contributed by atoms with E-state index in [9.17, 15) is 4.79 Å². The Bertz CT molecular complexity index is 718. The van der Waals surface area contributed by atoms with Crippen LogP contribution in [0.15, 0.2) is 24.3 Å².